The zero-order chi connectivity index (χ0) is 22.9. The van der Waals surface area contributed by atoms with Gasteiger partial charge in [-0.15, -0.1) is 0 Å². The van der Waals surface area contributed by atoms with Gasteiger partial charge in [0.15, 0.2) is 5.78 Å². The minimum absolute atomic E-state index is 0.00969. The van der Waals surface area contributed by atoms with E-state index in [1.54, 1.807) is 0 Å². The van der Waals surface area contributed by atoms with Gasteiger partial charge < -0.3 is 25.2 Å². The molecule has 1 atom stereocenters. The standard InChI is InChI=1S/C25H28O6/c1-13(2)5-7-16-19(26)10-9-15(23(16)28)18-12-31-21-11-20(27)17(8-6-14(3)4)24(29)22(21)25(18)30/h5-6,9-11,18,26-29H,7-8,12H2,1-4H3/t18-/m0/s1. The molecule has 1 heterocycles. The molecule has 0 saturated heterocycles. The van der Waals surface area contributed by atoms with E-state index in [0.29, 0.717) is 17.5 Å². The maximum absolute atomic E-state index is 13.3. The van der Waals surface area contributed by atoms with E-state index in [4.69, 9.17) is 4.74 Å². The number of hydrogen-bond acceptors (Lipinski definition) is 6. The number of fused-ring (bicyclic) bond motifs is 1. The van der Waals surface area contributed by atoms with Gasteiger partial charge in [-0.3, -0.25) is 4.79 Å². The Morgan fingerprint density at radius 3 is 2.10 bits per heavy atom. The molecule has 4 N–H and O–H groups in total. The van der Waals surface area contributed by atoms with E-state index in [0.717, 1.165) is 11.1 Å². The van der Waals surface area contributed by atoms with Crippen LogP contribution in [0.5, 0.6) is 28.7 Å². The van der Waals surface area contributed by atoms with Crippen molar-refractivity contribution < 1.29 is 30.0 Å². The van der Waals surface area contributed by atoms with Crippen LogP contribution >= 0.6 is 0 Å². The van der Waals surface area contributed by atoms with E-state index in [1.165, 1.54) is 18.2 Å². The van der Waals surface area contributed by atoms with Crippen molar-refractivity contribution in [1.29, 1.82) is 0 Å². The Morgan fingerprint density at radius 2 is 1.52 bits per heavy atom. The van der Waals surface area contributed by atoms with Gasteiger partial charge in [-0.05, 0) is 46.6 Å². The molecule has 3 rings (SSSR count). The molecule has 0 saturated carbocycles. The third kappa shape index (κ3) is 4.38. The molecule has 2 aromatic carbocycles. The maximum Gasteiger partial charge on any atom is 0.181 e. The van der Waals surface area contributed by atoms with E-state index in [-0.39, 0.29) is 52.9 Å². The van der Waals surface area contributed by atoms with Crippen molar-refractivity contribution >= 4 is 5.78 Å². The molecule has 0 bridgehead atoms. The van der Waals surface area contributed by atoms with Gasteiger partial charge in [0.2, 0.25) is 0 Å². The summed E-state index contributed by atoms with van der Waals surface area (Å²) in [6.07, 6.45) is 4.30. The van der Waals surface area contributed by atoms with Crippen LogP contribution in [0.15, 0.2) is 41.5 Å². The summed E-state index contributed by atoms with van der Waals surface area (Å²) in [6.45, 7) is 7.57. The molecule has 0 radical (unpaired) electrons. The number of ketones is 1. The van der Waals surface area contributed by atoms with Crippen LogP contribution in [0.25, 0.3) is 0 Å². The van der Waals surface area contributed by atoms with Crippen LogP contribution in [-0.2, 0) is 12.8 Å². The molecule has 164 valence electrons. The average molecular weight is 424 g/mol. The van der Waals surface area contributed by atoms with Gasteiger partial charge in [0.05, 0.1) is 5.92 Å². The summed E-state index contributed by atoms with van der Waals surface area (Å²) < 4.78 is 5.68. The SMILES string of the molecule is CC(C)=CCc1c(O)ccc([C@@H]2COc3cc(O)c(CC=C(C)C)c(O)c3C2=O)c1O. The Balaban J connectivity index is 2.05. The lowest BCUT2D eigenvalue weighted by atomic mass is 9.85. The van der Waals surface area contributed by atoms with E-state index in [9.17, 15) is 25.2 Å². The smallest absolute Gasteiger partial charge is 0.181 e. The first-order chi connectivity index (χ1) is 14.6. The first kappa shape index (κ1) is 22.3. The monoisotopic (exact) mass is 424 g/mol. The number of carbonyl (C=O) groups is 1. The second-order valence-electron chi connectivity index (χ2n) is 8.30. The number of phenols is 4. The predicted octanol–water partition coefficient (Wildman–Crippen LogP) is 4.89. The summed E-state index contributed by atoms with van der Waals surface area (Å²) in [6, 6.07) is 4.28. The molecule has 6 nitrogen and oxygen atoms in total. The highest BCUT2D eigenvalue weighted by molar-refractivity contribution is 6.07. The van der Waals surface area contributed by atoms with Crippen molar-refractivity contribution in [2.24, 2.45) is 0 Å². The minimum Gasteiger partial charge on any atom is -0.508 e. The van der Waals surface area contributed by atoms with Crippen molar-refractivity contribution in [2.75, 3.05) is 6.61 Å². The van der Waals surface area contributed by atoms with Gasteiger partial charge >= 0.3 is 0 Å². The third-order valence-corrected chi connectivity index (χ3v) is 5.41. The maximum atomic E-state index is 13.3. The normalized spacial score (nSPS) is 15.1. The number of rotatable bonds is 5. The highest BCUT2D eigenvalue weighted by Crippen LogP contribution is 2.46. The van der Waals surface area contributed by atoms with Crippen LogP contribution in [0, 0.1) is 0 Å². The van der Waals surface area contributed by atoms with Crippen LogP contribution in [0.2, 0.25) is 0 Å². The van der Waals surface area contributed by atoms with Crippen molar-refractivity contribution in [2.45, 2.75) is 46.5 Å². The third-order valence-electron chi connectivity index (χ3n) is 5.41. The minimum atomic E-state index is -0.856. The highest BCUT2D eigenvalue weighted by Gasteiger charge is 2.36. The first-order valence-electron chi connectivity index (χ1n) is 10.2. The fourth-order valence-corrected chi connectivity index (χ4v) is 3.62. The van der Waals surface area contributed by atoms with Crippen LogP contribution < -0.4 is 4.74 Å². The van der Waals surface area contributed by atoms with Gasteiger partial charge in [0.1, 0.15) is 40.9 Å². The number of allylic oxidation sites excluding steroid dienone is 4. The van der Waals surface area contributed by atoms with Crippen molar-refractivity contribution in [3.8, 4) is 28.7 Å². The van der Waals surface area contributed by atoms with Crippen LogP contribution in [0.4, 0.5) is 0 Å². The molecule has 0 fully saturated rings. The molecule has 31 heavy (non-hydrogen) atoms. The van der Waals surface area contributed by atoms with Crippen LogP contribution in [0.3, 0.4) is 0 Å². The van der Waals surface area contributed by atoms with Gasteiger partial charge in [-0.25, -0.2) is 0 Å². The number of benzene rings is 2. The number of ether oxygens (including phenoxy) is 1. The number of phenolic OH excluding ortho intramolecular Hbond substituents is 4. The van der Waals surface area contributed by atoms with Crippen molar-refractivity contribution in [3.05, 3.63) is 63.8 Å². The molecule has 0 aromatic heterocycles. The molecular formula is C25H28O6. The van der Waals surface area contributed by atoms with E-state index >= 15 is 0 Å². The molecule has 1 aliphatic rings. The van der Waals surface area contributed by atoms with Gasteiger partial charge in [-0.2, -0.15) is 0 Å². The largest absolute Gasteiger partial charge is 0.508 e. The zero-order valence-corrected chi connectivity index (χ0v) is 18.2. The number of Topliss-reactive ketones (excluding diaryl/α,β-unsaturated/α-hetero) is 1. The molecule has 2 aromatic rings. The van der Waals surface area contributed by atoms with Gasteiger partial charge in [0.25, 0.3) is 0 Å². The lowest BCUT2D eigenvalue weighted by Gasteiger charge is -2.27. The van der Waals surface area contributed by atoms with E-state index < -0.39 is 11.7 Å². The Morgan fingerprint density at radius 1 is 0.935 bits per heavy atom. The fraction of sp³-hybridized carbons (Fsp3) is 0.320. The Bertz CT molecular complexity index is 1090. The van der Waals surface area contributed by atoms with Crippen molar-refractivity contribution in [3.63, 3.8) is 0 Å². The fourth-order valence-electron chi connectivity index (χ4n) is 3.62. The Labute approximate surface area is 181 Å². The average Bonchev–Trinajstić information content (AvgIpc) is 2.68. The summed E-state index contributed by atoms with van der Waals surface area (Å²) in [4.78, 5) is 13.3. The predicted molar refractivity (Wildman–Crippen MR) is 118 cm³/mol. The number of aromatic hydroxyl groups is 4. The molecule has 6 heteroatoms. The van der Waals surface area contributed by atoms with Gasteiger partial charge in [0, 0.05) is 22.8 Å². The van der Waals surface area contributed by atoms with Gasteiger partial charge in [-0.1, -0.05) is 29.4 Å². The molecule has 0 aliphatic carbocycles. The lowest BCUT2D eigenvalue weighted by molar-refractivity contribution is 0.0889. The Kier molecular flexibility index (Phi) is 6.29. The first-order valence-corrected chi connectivity index (χ1v) is 10.2. The summed E-state index contributed by atoms with van der Waals surface area (Å²) in [5.74, 6) is -1.83. The Hall–Kier alpha value is -3.41. The molecule has 0 amide bonds. The quantitative estimate of drug-likeness (QED) is 0.509. The lowest BCUT2D eigenvalue weighted by Crippen LogP contribution is -2.26. The summed E-state index contributed by atoms with van der Waals surface area (Å²) in [7, 11) is 0. The topological polar surface area (TPSA) is 107 Å². The van der Waals surface area contributed by atoms with Crippen molar-refractivity contribution in [1.82, 2.24) is 0 Å². The zero-order valence-electron chi connectivity index (χ0n) is 18.2. The van der Waals surface area contributed by atoms with E-state index in [1.807, 2.05) is 39.8 Å². The number of carbonyl (C=O) groups excluding carboxylic acids is 1. The molecule has 0 spiro atoms. The second-order valence-corrected chi connectivity index (χ2v) is 8.30. The highest BCUT2D eigenvalue weighted by atomic mass is 16.5. The summed E-state index contributed by atoms with van der Waals surface area (Å²) >= 11 is 0. The van der Waals surface area contributed by atoms with Crippen LogP contribution in [0.1, 0.15) is 60.7 Å². The van der Waals surface area contributed by atoms with E-state index in [2.05, 4.69) is 0 Å². The van der Waals surface area contributed by atoms with Crippen LogP contribution in [-0.4, -0.2) is 32.8 Å². The molecule has 1 aliphatic heterocycles. The molecular weight excluding hydrogens is 396 g/mol. The summed E-state index contributed by atoms with van der Waals surface area (Å²) in [5, 5.41) is 42.1. The number of hydrogen-bond donors (Lipinski definition) is 4. The summed E-state index contributed by atoms with van der Waals surface area (Å²) in [5.41, 5.74) is 2.93. The second kappa shape index (κ2) is 8.76. The molecule has 0 unspecified atom stereocenters.